The summed E-state index contributed by atoms with van der Waals surface area (Å²) in [4.78, 5) is 16.5. The molecule has 1 saturated heterocycles. The number of urea groups is 1. The van der Waals surface area contributed by atoms with Crippen LogP contribution in [-0.4, -0.2) is 62.8 Å². The third kappa shape index (κ3) is 6.97. The van der Waals surface area contributed by atoms with Crippen molar-refractivity contribution in [2.45, 2.75) is 32.4 Å². The molecule has 1 atom stereocenters. The van der Waals surface area contributed by atoms with Gasteiger partial charge in [-0.15, -0.1) is 0 Å². The largest absolute Gasteiger partial charge is 0.493 e. The molecule has 1 aliphatic rings. The van der Waals surface area contributed by atoms with Crippen molar-refractivity contribution in [3.8, 4) is 5.75 Å². The second-order valence-electron chi connectivity index (χ2n) is 8.24. The summed E-state index contributed by atoms with van der Waals surface area (Å²) in [7, 11) is 3.85. The van der Waals surface area contributed by atoms with E-state index in [9.17, 15) is 4.79 Å². The number of nitrogens with zero attached hydrogens (tertiary/aromatic N) is 2. The lowest BCUT2D eigenvalue weighted by molar-refractivity contribution is 0.159. The molecule has 0 radical (unpaired) electrons. The molecule has 2 aromatic carbocycles. The van der Waals surface area contributed by atoms with E-state index in [4.69, 9.17) is 9.47 Å². The first-order chi connectivity index (χ1) is 15.1. The molecule has 3 rings (SSSR count). The van der Waals surface area contributed by atoms with Crippen LogP contribution in [0.4, 0.5) is 4.79 Å². The number of carbonyl (C=O) groups excluding carboxylic acids is 1. The van der Waals surface area contributed by atoms with Gasteiger partial charge in [-0.05, 0) is 56.1 Å². The molecule has 1 N–H and O–H groups in total. The molecule has 0 spiro atoms. The lowest BCUT2D eigenvalue weighted by atomic mass is 10.1. The van der Waals surface area contributed by atoms with E-state index < -0.39 is 0 Å². The molecule has 6 heteroatoms. The number of benzene rings is 2. The molecule has 6 nitrogen and oxygen atoms in total. The Labute approximate surface area is 186 Å². The Balaban J connectivity index is 1.44. The molecular formula is C25H35N3O3. The Morgan fingerprint density at radius 3 is 2.65 bits per heavy atom. The third-order valence-electron chi connectivity index (χ3n) is 5.67. The van der Waals surface area contributed by atoms with Crippen molar-refractivity contribution in [3.05, 3.63) is 65.2 Å². The van der Waals surface area contributed by atoms with Crippen molar-refractivity contribution in [2.75, 3.05) is 47.0 Å². The predicted octanol–water partition coefficient (Wildman–Crippen LogP) is 4.00. The highest BCUT2D eigenvalue weighted by atomic mass is 16.5. The molecule has 2 aromatic rings. The zero-order valence-corrected chi connectivity index (χ0v) is 19.0. The second-order valence-corrected chi connectivity index (χ2v) is 8.24. The van der Waals surface area contributed by atoms with Crippen LogP contribution in [0.2, 0.25) is 0 Å². The van der Waals surface area contributed by atoms with Crippen LogP contribution in [-0.2, 0) is 11.3 Å². The van der Waals surface area contributed by atoms with Gasteiger partial charge in [0.15, 0.2) is 0 Å². The quantitative estimate of drug-likeness (QED) is 0.522. The SMILES string of the molecule is COCCN(C)CCCCOc1ccc(CN2C[C@H](c3ccccc3)NC2=O)cc1C. The standard InChI is InChI=1S/C25H35N3O3/c1-20-17-21(11-12-24(20)31-15-8-7-13-27(2)14-16-30-3)18-28-19-23(26-25(28)29)22-9-5-4-6-10-22/h4-6,9-12,17,23H,7-8,13-16,18-19H2,1-3H3,(H,26,29)/t23-/m1/s1. The lowest BCUT2D eigenvalue weighted by Crippen LogP contribution is -2.27. The minimum absolute atomic E-state index is 0.0118. The summed E-state index contributed by atoms with van der Waals surface area (Å²) in [5.74, 6) is 0.921. The third-order valence-corrected chi connectivity index (χ3v) is 5.67. The van der Waals surface area contributed by atoms with Crippen LogP contribution in [0.5, 0.6) is 5.75 Å². The Kier molecular flexibility index (Phi) is 8.74. The Hall–Kier alpha value is -2.57. The van der Waals surface area contributed by atoms with Gasteiger partial charge in [0.05, 0.1) is 19.3 Å². The maximum atomic E-state index is 12.4. The van der Waals surface area contributed by atoms with Gasteiger partial charge in [-0.3, -0.25) is 0 Å². The summed E-state index contributed by atoms with van der Waals surface area (Å²) < 4.78 is 11.1. The summed E-state index contributed by atoms with van der Waals surface area (Å²) in [5, 5.41) is 3.08. The Morgan fingerprint density at radius 1 is 1.10 bits per heavy atom. The molecule has 0 aliphatic carbocycles. The molecule has 31 heavy (non-hydrogen) atoms. The molecular weight excluding hydrogens is 390 g/mol. The van der Waals surface area contributed by atoms with Gasteiger partial charge in [0.1, 0.15) is 5.75 Å². The molecule has 0 saturated carbocycles. The fourth-order valence-electron chi connectivity index (χ4n) is 3.82. The van der Waals surface area contributed by atoms with E-state index in [2.05, 4.69) is 48.5 Å². The van der Waals surface area contributed by atoms with E-state index in [0.717, 1.165) is 55.0 Å². The highest BCUT2D eigenvalue weighted by molar-refractivity contribution is 5.77. The highest BCUT2D eigenvalue weighted by Crippen LogP contribution is 2.24. The van der Waals surface area contributed by atoms with Crippen LogP contribution in [0, 0.1) is 6.92 Å². The van der Waals surface area contributed by atoms with Crippen LogP contribution < -0.4 is 10.1 Å². The number of hydrogen-bond acceptors (Lipinski definition) is 4. The maximum Gasteiger partial charge on any atom is 0.318 e. The molecule has 0 bridgehead atoms. The van der Waals surface area contributed by atoms with Gasteiger partial charge >= 0.3 is 6.03 Å². The molecule has 0 aromatic heterocycles. The van der Waals surface area contributed by atoms with Crippen LogP contribution in [0.25, 0.3) is 0 Å². The predicted molar refractivity (Wildman–Crippen MR) is 123 cm³/mol. The van der Waals surface area contributed by atoms with E-state index in [-0.39, 0.29) is 12.1 Å². The first-order valence-corrected chi connectivity index (χ1v) is 11.1. The van der Waals surface area contributed by atoms with Crippen LogP contribution >= 0.6 is 0 Å². The zero-order chi connectivity index (χ0) is 22.1. The van der Waals surface area contributed by atoms with Crippen molar-refractivity contribution in [2.24, 2.45) is 0 Å². The highest BCUT2D eigenvalue weighted by Gasteiger charge is 2.29. The normalized spacial score (nSPS) is 16.1. The van der Waals surface area contributed by atoms with Crippen LogP contribution in [0.3, 0.4) is 0 Å². The number of likely N-dealkylation sites (N-methyl/N-ethyl adjacent to an activating group) is 1. The number of unbranched alkanes of at least 4 members (excludes halogenated alkanes) is 1. The lowest BCUT2D eigenvalue weighted by Gasteiger charge is -2.17. The van der Waals surface area contributed by atoms with Gasteiger partial charge in [0, 0.05) is 26.7 Å². The number of hydrogen-bond donors (Lipinski definition) is 1. The van der Waals surface area contributed by atoms with Gasteiger partial charge < -0.3 is 24.6 Å². The van der Waals surface area contributed by atoms with Crippen LogP contribution in [0.15, 0.2) is 48.5 Å². The fourth-order valence-corrected chi connectivity index (χ4v) is 3.82. The second kappa shape index (κ2) is 11.7. The first-order valence-electron chi connectivity index (χ1n) is 11.1. The number of carbonyl (C=O) groups is 1. The Morgan fingerprint density at radius 2 is 1.90 bits per heavy atom. The topological polar surface area (TPSA) is 54.0 Å². The fraction of sp³-hybridized carbons (Fsp3) is 0.480. The van der Waals surface area contributed by atoms with Crippen molar-refractivity contribution in [1.82, 2.24) is 15.1 Å². The maximum absolute atomic E-state index is 12.4. The van der Waals surface area contributed by atoms with Crippen molar-refractivity contribution in [1.29, 1.82) is 0 Å². The number of methoxy groups -OCH3 is 1. The molecule has 168 valence electrons. The number of rotatable bonds is 12. The average molecular weight is 426 g/mol. The summed E-state index contributed by atoms with van der Waals surface area (Å²) in [6.07, 6.45) is 2.12. The minimum atomic E-state index is -0.0118. The summed E-state index contributed by atoms with van der Waals surface area (Å²) in [6.45, 7) is 6.83. The van der Waals surface area contributed by atoms with Crippen molar-refractivity contribution in [3.63, 3.8) is 0 Å². The zero-order valence-electron chi connectivity index (χ0n) is 19.0. The van der Waals surface area contributed by atoms with Gasteiger partial charge in [0.25, 0.3) is 0 Å². The van der Waals surface area contributed by atoms with Gasteiger partial charge in [0.2, 0.25) is 0 Å². The number of amides is 2. The molecule has 2 amide bonds. The number of nitrogens with one attached hydrogen (secondary N) is 1. The van der Waals surface area contributed by atoms with Gasteiger partial charge in [-0.25, -0.2) is 4.79 Å². The van der Waals surface area contributed by atoms with Crippen LogP contribution in [0.1, 0.15) is 35.6 Å². The van der Waals surface area contributed by atoms with E-state index in [0.29, 0.717) is 19.7 Å². The molecule has 1 aliphatic heterocycles. The van der Waals surface area contributed by atoms with E-state index in [1.807, 2.05) is 29.2 Å². The van der Waals surface area contributed by atoms with Gasteiger partial charge in [-0.2, -0.15) is 0 Å². The molecule has 1 fully saturated rings. The first kappa shape index (κ1) is 23.1. The number of aryl methyl sites for hydroxylation is 1. The monoisotopic (exact) mass is 425 g/mol. The number of ether oxygens (including phenoxy) is 2. The minimum Gasteiger partial charge on any atom is -0.493 e. The smallest absolute Gasteiger partial charge is 0.318 e. The molecule has 1 heterocycles. The van der Waals surface area contributed by atoms with Crippen molar-refractivity contribution < 1.29 is 14.3 Å². The average Bonchev–Trinajstić information content (AvgIpc) is 3.14. The Bertz CT molecular complexity index is 828. The summed E-state index contributed by atoms with van der Waals surface area (Å²) in [5.41, 5.74) is 3.37. The van der Waals surface area contributed by atoms with E-state index in [1.54, 1.807) is 7.11 Å². The molecule has 0 unspecified atom stereocenters. The van der Waals surface area contributed by atoms with E-state index in [1.165, 1.54) is 0 Å². The van der Waals surface area contributed by atoms with Gasteiger partial charge in [-0.1, -0.05) is 42.5 Å². The van der Waals surface area contributed by atoms with E-state index >= 15 is 0 Å². The van der Waals surface area contributed by atoms with Crippen molar-refractivity contribution >= 4 is 6.03 Å². The summed E-state index contributed by atoms with van der Waals surface area (Å²) in [6, 6.07) is 16.4. The summed E-state index contributed by atoms with van der Waals surface area (Å²) >= 11 is 0.